The van der Waals surface area contributed by atoms with E-state index in [2.05, 4.69) is 33.0 Å². The first-order chi connectivity index (χ1) is 8.84. The molecule has 2 bridgehead atoms. The molecule has 2 aliphatic carbocycles. The molecule has 0 saturated heterocycles. The van der Waals surface area contributed by atoms with E-state index >= 15 is 0 Å². The number of aryl methyl sites for hydroxylation is 1. The highest BCUT2D eigenvalue weighted by molar-refractivity contribution is 5.54. The minimum absolute atomic E-state index is 0.350. The second kappa shape index (κ2) is 3.91. The van der Waals surface area contributed by atoms with Gasteiger partial charge < -0.3 is 10.4 Å². The van der Waals surface area contributed by atoms with Crippen LogP contribution in [0.15, 0.2) is 18.2 Å². The Hall–Kier alpha value is -1.18. The van der Waals surface area contributed by atoms with Crippen LogP contribution in [0.1, 0.15) is 45.6 Å². The fourth-order valence-corrected chi connectivity index (χ4v) is 4.42. The Kier molecular flexibility index (Phi) is 2.64. The normalized spacial score (nSPS) is 35.6. The highest BCUT2D eigenvalue weighted by Crippen LogP contribution is 2.65. The second-order valence-electron chi connectivity index (χ2n) is 7.31. The molecule has 0 heterocycles. The van der Waals surface area contributed by atoms with Gasteiger partial charge in [-0.2, -0.15) is 0 Å². The number of benzene rings is 1. The number of phenolic OH excluding ortho intramolecular Hbond substituents is 1. The molecule has 0 radical (unpaired) electrons. The summed E-state index contributed by atoms with van der Waals surface area (Å²) in [5.74, 6) is 1.20. The number of hydrogen-bond acceptors (Lipinski definition) is 2. The molecule has 3 unspecified atom stereocenters. The van der Waals surface area contributed by atoms with Gasteiger partial charge in [0.2, 0.25) is 0 Å². The van der Waals surface area contributed by atoms with Crippen LogP contribution in [0.5, 0.6) is 5.75 Å². The van der Waals surface area contributed by atoms with Crippen molar-refractivity contribution in [2.75, 3.05) is 5.32 Å². The molecule has 104 valence electrons. The molecule has 0 amide bonds. The maximum Gasteiger partial charge on any atom is 0.115 e. The van der Waals surface area contributed by atoms with Gasteiger partial charge in [0.1, 0.15) is 5.75 Å². The first-order valence-corrected chi connectivity index (χ1v) is 7.41. The van der Waals surface area contributed by atoms with Crippen LogP contribution in [-0.4, -0.2) is 11.1 Å². The topological polar surface area (TPSA) is 32.3 Å². The predicted molar refractivity (Wildman–Crippen MR) is 79.5 cm³/mol. The van der Waals surface area contributed by atoms with Crippen molar-refractivity contribution < 1.29 is 5.11 Å². The molecular weight excluding hydrogens is 234 g/mol. The van der Waals surface area contributed by atoms with Gasteiger partial charge in [-0.25, -0.2) is 0 Å². The molecule has 0 aliphatic heterocycles. The summed E-state index contributed by atoms with van der Waals surface area (Å²) in [6, 6.07) is 6.18. The largest absolute Gasteiger partial charge is 0.508 e. The quantitative estimate of drug-likeness (QED) is 0.775. The summed E-state index contributed by atoms with van der Waals surface area (Å²) in [5, 5.41) is 13.3. The maximum absolute atomic E-state index is 9.51. The van der Waals surface area contributed by atoms with E-state index in [-0.39, 0.29) is 0 Å². The molecule has 1 aromatic rings. The van der Waals surface area contributed by atoms with Crippen molar-refractivity contribution in [2.24, 2.45) is 16.7 Å². The molecule has 2 aliphatic rings. The molecule has 3 rings (SSSR count). The lowest BCUT2D eigenvalue weighted by Gasteiger charge is -2.40. The van der Waals surface area contributed by atoms with Crippen LogP contribution < -0.4 is 5.32 Å². The highest BCUT2D eigenvalue weighted by Gasteiger charge is 2.61. The van der Waals surface area contributed by atoms with Gasteiger partial charge in [0.25, 0.3) is 0 Å². The van der Waals surface area contributed by atoms with Gasteiger partial charge in [-0.1, -0.05) is 20.8 Å². The number of fused-ring (bicyclic) bond motifs is 2. The number of hydrogen-bond donors (Lipinski definition) is 2. The lowest BCUT2D eigenvalue weighted by molar-refractivity contribution is 0.142. The zero-order valence-corrected chi connectivity index (χ0v) is 12.5. The van der Waals surface area contributed by atoms with Crippen molar-refractivity contribution in [2.45, 2.75) is 53.0 Å². The van der Waals surface area contributed by atoms with Crippen molar-refractivity contribution in [1.82, 2.24) is 0 Å². The van der Waals surface area contributed by atoms with E-state index in [1.807, 2.05) is 12.1 Å². The van der Waals surface area contributed by atoms with E-state index in [4.69, 9.17) is 0 Å². The van der Waals surface area contributed by atoms with Crippen LogP contribution in [-0.2, 0) is 0 Å². The molecule has 1 aromatic carbocycles. The Balaban J connectivity index is 1.86. The number of aromatic hydroxyl groups is 1. The van der Waals surface area contributed by atoms with E-state index in [0.29, 0.717) is 22.6 Å². The van der Waals surface area contributed by atoms with Crippen LogP contribution in [0.25, 0.3) is 0 Å². The number of rotatable bonds is 2. The Morgan fingerprint density at radius 2 is 2.00 bits per heavy atom. The molecular formula is C17H25NO. The van der Waals surface area contributed by atoms with Gasteiger partial charge in [0.05, 0.1) is 0 Å². The molecule has 2 N–H and O–H groups in total. The van der Waals surface area contributed by atoms with Crippen LogP contribution >= 0.6 is 0 Å². The van der Waals surface area contributed by atoms with Gasteiger partial charge in [-0.3, -0.25) is 0 Å². The third-order valence-electron chi connectivity index (χ3n) is 6.33. The van der Waals surface area contributed by atoms with E-state index in [9.17, 15) is 5.11 Å². The van der Waals surface area contributed by atoms with E-state index in [1.54, 1.807) is 6.07 Å². The third-order valence-corrected chi connectivity index (χ3v) is 6.33. The van der Waals surface area contributed by atoms with E-state index in [0.717, 1.165) is 11.5 Å². The maximum atomic E-state index is 9.51. The summed E-state index contributed by atoms with van der Waals surface area (Å²) in [6.45, 7) is 9.39. The van der Waals surface area contributed by atoms with Gasteiger partial charge in [-0.15, -0.1) is 0 Å². The Morgan fingerprint density at radius 3 is 2.53 bits per heavy atom. The summed E-state index contributed by atoms with van der Waals surface area (Å²) in [4.78, 5) is 0. The van der Waals surface area contributed by atoms with Gasteiger partial charge in [-0.05, 0) is 66.7 Å². The van der Waals surface area contributed by atoms with Crippen LogP contribution in [0.2, 0.25) is 0 Å². The van der Waals surface area contributed by atoms with Gasteiger partial charge in [0, 0.05) is 11.7 Å². The zero-order valence-electron chi connectivity index (χ0n) is 12.5. The third kappa shape index (κ3) is 1.69. The summed E-state index contributed by atoms with van der Waals surface area (Å²) in [7, 11) is 0. The number of anilines is 1. The summed E-state index contributed by atoms with van der Waals surface area (Å²) in [6.07, 6.45) is 4.00. The standard InChI is InChI=1S/C17H25NO/c1-11-9-13(19)5-6-14(11)18-15-10-12-7-8-17(15,4)16(12,2)3/h5-6,9,12,15,18-19H,7-8,10H2,1-4H3. The van der Waals surface area contributed by atoms with Crippen molar-refractivity contribution >= 4 is 5.69 Å². The first-order valence-electron chi connectivity index (χ1n) is 7.41. The molecule has 2 fully saturated rings. The summed E-state index contributed by atoms with van der Waals surface area (Å²) < 4.78 is 0. The van der Waals surface area contributed by atoms with E-state index < -0.39 is 0 Å². The molecule has 3 atom stereocenters. The molecule has 2 nitrogen and oxygen atoms in total. The average Bonchev–Trinajstić information content (AvgIpc) is 2.65. The smallest absolute Gasteiger partial charge is 0.115 e. The monoisotopic (exact) mass is 259 g/mol. The minimum Gasteiger partial charge on any atom is -0.508 e. The first kappa shape index (κ1) is 12.8. The molecule has 19 heavy (non-hydrogen) atoms. The summed E-state index contributed by atoms with van der Waals surface area (Å²) in [5.41, 5.74) is 3.13. The predicted octanol–water partition coefficient (Wildman–Crippen LogP) is 4.33. The van der Waals surface area contributed by atoms with Crippen molar-refractivity contribution in [1.29, 1.82) is 0 Å². The molecule has 2 heteroatoms. The van der Waals surface area contributed by atoms with Crippen LogP contribution in [0.3, 0.4) is 0 Å². The molecule has 2 saturated carbocycles. The summed E-state index contributed by atoms with van der Waals surface area (Å²) >= 11 is 0. The molecule has 0 aromatic heterocycles. The lowest BCUT2D eigenvalue weighted by atomic mass is 9.69. The van der Waals surface area contributed by atoms with Crippen LogP contribution in [0.4, 0.5) is 5.69 Å². The van der Waals surface area contributed by atoms with E-state index in [1.165, 1.54) is 24.9 Å². The Bertz CT molecular complexity index is 508. The van der Waals surface area contributed by atoms with Crippen LogP contribution in [0, 0.1) is 23.7 Å². The van der Waals surface area contributed by atoms with Gasteiger partial charge >= 0.3 is 0 Å². The fourth-order valence-electron chi connectivity index (χ4n) is 4.42. The van der Waals surface area contributed by atoms with Crippen molar-refractivity contribution in [3.63, 3.8) is 0 Å². The van der Waals surface area contributed by atoms with Crippen molar-refractivity contribution in [3.05, 3.63) is 23.8 Å². The highest BCUT2D eigenvalue weighted by atomic mass is 16.3. The number of phenols is 1. The molecule has 0 spiro atoms. The SMILES string of the molecule is Cc1cc(O)ccc1NC1CC2CCC1(C)C2(C)C. The second-order valence-corrected chi connectivity index (χ2v) is 7.31. The van der Waals surface area contributed by atoms with Crippen molar-refractivity contribution in [3.8, 4) is 5.75 Å². The average molecular weight is 259 g/mol. The fraction of sp³-hybridized carbons (Fsp3) is 0.647. The minimum atomic E-state index is 0.350. The zero-order chi connectivity index (χ0) is 13.8. The Morgan fingerprint density at radius 1 is 1.26 bits per heavy atom. The van der Waals surface area contributed by atoms with Gasteiger partial charge in [0.15, 0.2) is 0 Å². The lowest BCUT2D eigenvalue weighted by Crippen LogP contribution is -2.40. The number of nitrogens with one attached hydrogen (secondary N) is 1. The Labute approximate surface area is 116 Å².